The molecule has 2 N–H and O–H groups in total. The minimum absolute atomic E-state index is 0.187. The van der Waals surface area contributed by atoms with Crippen molar-refractivity contribution >= 4 is 5.69 Å². The topological polar surface area (TPSA) is 29.3 Å². The van der Waals surface area contributed by atoms with Crippen molar-refractivity contribution in [2.45, 2.75) is 45.7 Å². The number of anilines is 1. The van der Waals surface area contributed by atoms with Crippen LogP contribution in [0.15, 0.2) is 18.2 Å². The number of rotatable bonds is 2. The third-order valence-electron chi connectivity index (χ3n) is 4.17. The Morgan fingerprint density at radius 3 is 2.78 bits per heavy atom. The zero-order valence-electron chi connectivity index (χ0n) is 11.5. The molecule has 3 unspecified atom stereocenters. The molecule has 1 aliphatic rings. The Balaban J connectivity index is 2.41. The van der Waals surface area contributed by atoms with Gasteiger partial charge in [-0.3, -0.25) is 0 Å². The Bertz CT molecular complexity index is 417. The first-order chi connectivity index (χ1) is 8.52. The first-order valence-corrected chi connectivity index (χ1v) is 6.83. The maximum atomic E-state index is 14.0. The first-order valence-electron chi connectivity index (χ1n) is 6.83. The summed E-state index contributed by atoms with van der Waals surface area (Å²) in [6.07, 6.45) is 2.42. The van der Waals surface area contributed by atoms with E-state index in [0.29, 0.717) is 17.5 Å². The lowest BCUT2D eigenvalue weighted by atomic mass is 9.90. The Kier molecular flexibility index (Phi) is 3.91. The smallest absolute Gasteiger partial charge is 0.130 e. The van der Waals surface area contributed by atoms with E-state index in [1.54, 1.807) is 6.07 Å². The summed E-state index contributed by atoms with van der Waals surface area (Å²) < 4.78 is 14.0. The van der Waals surface area contributed by atoms with Crippen LogP contribution >= 0.6 is 0 Å². The zero-order valence-corrected chi connectivity index (χ0v) is 11.5. The van der Waals surface area contributed by atoms with E-state index in [1.807, 2.05) is 13.0 Å². The molecular weight excluding hydrogens is 227 g/mol. The SMILES string of the molecule is CC(N)c1c(F)cccc1N1CCCC(C)C1C. The summed E-state index contributed by atoms with van der Waals surface area (Å²) in [5, 5.41) is 0. The highest BCUT2D eigenvalue weighted by Gasteiger charge is 2.27. The Morgan fingerprint density at radius 2 is 2.11 bits per heavy atom. The second-order valence-electron chi connectivity index (χ2n) is 5.51. The summed E-state index contributed by atoms with van der Waals surface area (Å²) in [5.41, 5.74) is 7.56. The third kappa shape index (κ3) is 2.37. The summed E-state index contributed by atoms with van der Waals surface area (Å²) in [5.74, 6) is 0.455. The van der Waals surface area contributed by atoms with Gasteiger partial charge < -0.3 is 10.6 Å². The quantitative estimate of drug-likeness (QED) is 0.871. The van der Waals surface area contributed by atoms with Gasteiger partial charge >= 0.3 is 0 Å². The lowest BCUT2D eigenvalue weighted by molar-refractivity contribution is 0.362. The van der Waals surface area contributed by atoms with Crippen molar-refractivity contribution in [1.29, 1.82) is 0 Å². The van der Waals surface area contributed by atoms with Crippen LogP contribution in [0.2, 0.25) is 0 Å². The lowest BCUT2D eigenvalue weighted by Gasteiger charge is -2.41. The molecule has 2 nitrogen and oxygen atoms in total. The van der Waals surface area contributed by atoms with Gasteiger partial charge in [0.05, 0.1) is 0 Å². The Hall–Kier alpha value is -1.09. The van der Waals surface area contributed by atoms with E-state index >= 15 is 0 Å². The molecule has 1 heterocycles. The molecule has 0 radical (unpaired) electrons. The maximum absolute atomic E-state index is 14.0. The van der Waals surface area contributed by atoms with Gasteiger partial charge in [0.2, 0.25) is 0 Å². The fourth-order valence-electron chi connectivity index (χ4n) is 2.90. The van der Waals surface area contributed by atoms with Gasteiger partial charge in [0, 0.05) is 29.9 Å². The van der Waals surface area contributed by atoms with Gasteiger partial charge in [0.1, 0.15) is 5.82 Å². The van der Waals surface area contributed by atoms with Gasteiger partial charge in [-0.2, -0.15) is 0 Å². The molecule has 3 atom stereocenters. The van der Waals surface area contributed by atoms with Crippen molar-refractivity contribution in [2.24, 2.45) is 11.7 Å². The normalized spacial score (nSPS) is 26.2. The monoisotopic (exact) mass is 250 g/mol. The highest BCUT2D eigenvalue weighted by atomic mass is 19.1. The van der Waals surface area contributed by atoms with Crippen LogP contribution in [-0.4, -0.2) is 12.6 Å². The van der Waals surface area contributed by atoms with Crippen LogP contribution in [0.5, 0.6) is 0 Å². The van der Waals surface area contributed by atoms with Crippen molar-refractivity contribution in [3.8, 4) is 0 Å². The van der Waals surface area contributed by atoms with E-state index < -0.39 is 0 Å². The molecule has 0 saturated carbocycles. The van der Waals surface area contributed by atoms with Crippen LogP contribution in [0.1, 0.15) is 45.2 Å². The van der Waals surface area contributed by atoms with Crippen LogP contribution in [0, 0.1) is 11.7 Å². The highest BCUT2D eigenvalue weighted by Crippen LogP contribution is 2.34. The Morgan fingerprint density at radius 1 is 1.39 bits per heavy atom. The van der Waals surface area contributed by atoms with Crippen molar-refractivity contribution < 1.29 is 4.39 Å². The van der Waals surface area contributed by atoms with Gasteiger partial charge in [-0.25, -0.2) is 4.39 Å². The van der Waals surface area contributed by atoms with Gasteiger partial charge in [-0.1, -0.05) is 13.0 Å². The average Bonchev–Trinajstić information content (AvgIpc) is 2.32. The largest absolute Gasteiger partial charge is 0.368 e. The number of nitrogens with two attached hydrogens (primary N) is 1. The maximum Gasteiger partial charge on any atom is 0.130 e. The van der Waals surface area contributed by atoms with E-state index in [-0.39, 0.29) is 11.9 Å². The van der Waals surface area contributed by atoms with Gasteiger partial charge in [-0.15, -0.1) is 0 Å². The third-order valence-corrected chi connectivity index (χ3v) is 4.17. The van der Waals surface area contributed by atoms with Gasteiger partial charge in [0.15, 0.2) is 0 Å². The number of benzene rings is 1. The van der Waals surface area contributed by atoms with Crippen molar-refractivity contribution in [2.75, 3.05) is 11.4 Å². The lowest BCUT2D eigenvalue weighted by Crippen LogP contribution is -2.43. The summed E-state index contributed by atoms with van der Waals surface area (Å²) in [4.78, 5) is 2.32. The minimum atomic E-state index is -0.273. The van der Waals surface area contributed by atoms with Crippen LogP contribution in [0.4, 0.5) is 10.1 Å². The summed E-state index contributed by atoms with van der Waals surface area (Å²) in [7, 11) is 0. The summed E-state index contributed by atoms with van der Waals surface area (Å²) in [6, 6.07) is 5.45. The Labute approximate surface area is 109 Å². The predicted octanol–water partition coefficient (Wildman–Crippen LogP) is 3.47. The summed E-state index contributed by atoms with van der Waals surface area (Å²) in [6.45, 7) is 7.33. The highest BCUT2D eigenvalue weighted by molar-refractivity contribution is 5.56. The van der Waals surface area contributed by atoms with Crippen LogP contribution in [0.3, 0.4) is 0 Å². The minimum Gasteiger partial charge on any atom is -0.368 e. The fourth-order valence-corrected chi connectivity index (χ4v) is 2.90. The summed E-state index contributed by atoms with van der Waals surface area (Å²) >= 11 is 0. The van der Waals surface area contributed by atoms with E-state index in [2.05, 4.69) is 18.7 Å². The first kappa shape index (κ1) is 13.3. The molecule has 0 aromatic heterocycles. The van der Waals surface area contributed by atoms with E-state index in [9.17, 15) is 4.39 Å². The van der Waals surface area contributed by atoms with Gasteiger partial charge in [0.25, 0.3) is 0 Å². The second kappa shape index (κ2) is 5.27. The molecule has 0 bridgehead atoms. The molecule has 100 valence electrons. The molecule has 0 aliphatic carbocycles. The van der Waals surface area contributed by atoms with Gasteiger partial charge in [-0.05, 0) is 44.7 Å². The van der Waals surface area contributed by atoms with Crippen molar-refractivity contribution in [3.05, 3.63) is 29.6 Å². The van der Waals surface area contributed by atoms with E-state index in [0.717, 1.165) is 12.2 Å². The van der Waals surface area contributed by atoms with Crippen molar-refractivity contribution in [3.63, 3.8) is 0 Å². The predicted molar refractivity (Wildman–Crippen MR) is 74.2 cm³/mol. The molecule has 1 aliphatic heterocycles. The number of hydrogen-bond acceptors (Lipinski definition) is 2. The second-order valence-corrected chi connectivity index (χ2v) is 5.51. The molecule has 1 fully saturated rings. The molecule has 0 amide bonds. The fraction of sp³-hybridized carbons (Fsp3) is 0.600. The molecule has 3 heteroatoms. The number of piperidine rings is 1. The molecule has 18 heavy (non-hydrogen) atoms. The molecule has 1 aromatic carbocycles. The number of hydrogen-bond donors (Lipinski definition) is 1. The molecule has 1 saturated heterocycles. The number of halogens is 1. The number of nitrogens with zero attached hydrogens (tertiary/aromatic N) is 1. The van der Waals surface area contributed by atoms with Crippen LogP contribution < -0.4 is 10.6 Å². The van der Waals surface area contributed by atoms with Crippen LogP contribution in [0.25, 0.3) is 0 Å². The zero-order chi connectivity index (χ0) is 13.3. The van der Waals surface area contributed by atoms with Crippen molar-refractivity contribution in [1.82, 2.24) is 0 Å². The van der Waals surface area contributed by atoms with Crippen LogP contribution in [-0.2, 0) is 0 Å². The molecular formula is C15H23FN2. The van der Waals surface area contributed by atoms with E-state index in [4.69, 9.17) is 5.73 Å². The molecule has 1 aromatic rings. The molecule has 2 rings (SSSR count). The molecule has 0 spiro atoms. The van der Waals surface area contributed by atoms with E-state index in [1.165, 1.54) is 18.9 Å². The standard InChI is InChI=1S/C15H23FN2/c1-10-6-5-9-18(12(10)3)14-8-4-7-13(16)15(14)11(2)17/h4,7-8,10-12H,5-6,9,17H2,1-3H3. The average molecular weight is 250 g/mol.